The molecule has 0 atom stereocenters. The molecule has 0 aliphatic rings. The van der Waals surface area contributed by atoms with Crippen LogP contribution in [0.3, 0.4) is 0 Å². The smallest absolute Gasteiger partial charge is 0.173 e. The number of hydrogen-bond donors (Lipinski definition) is 0. The van der Waals surface area contributed by atoms with Gasteiger partial charge in [-0.15, -0.1) is 0 Å². The molecule has 0 amide bonds. The standard InChI is InChI=1S/C19H44OSi2/c1-7-8-9-10-11-12-13-14-15-16-17-18-19-22(5,6)20-21(2,3)4/h7-19H2,1-6H3. The molecule has 0 radical (unpaired) electrons. The topological polar surface area (TPSA) is 9.23 Å². The van der Waals surface area contributed by atoms with Crippen LogP contribution in [0.15, 0.2) is 0 Å². The van der Waals surface area contributed by atoms with Crippen LogP contribution in [-0.4, -0.2) is 16.6 Å². The lowest BCUT2D eigenvalue weighted by molar-refractivity contribution is 0.529. The Labute approximate surface area is 143 Å². The van der Waals surface area contributed by atoms with Gasteiger partial charge in [0.2, 0.25) is 0 Å². The van der Waals surface area contributed by atoms with Gasteiger partial charge >= 0.3 is 0 Å². The van der Waals surface area contributed by atoms with Crippen LogP contribution in [0.1, 0.15) is 84.0 Å². The monoisotopic (exact) mass is 344 g/mol. The van der Waals surface area contributed by atoms with Crippen molar-refractivity contribution >= 4 is 16.6 Å². The van der Waals surface area contributed by atoms with Gasteiger partial charge in [-0.2, -0.15) is 0 Å². The first-order chi connectivity index (χ1) is 10.3. The fourth-order valence-corrected chi connectivity index (χ4v) is 11.4. The van der Waals surface area contributed by atoms with E-state index in [1.165, 1.54) is 83.1 Å². The first-order valence-electron chi connectivity index (χ1n) is 9.97. The Kier molecular flexibility index (Phi) is 13.0. The molecule has 0 aromatic carbocycles. The van der Waals surface area contributed by atoms with Crippen LogP contribution < -0.4 is 0 Å². The van der Waals surface area contributed by atoms with E-state index in [9.17, 15) is 0 Å². The van der Waals surface area contributed by atoms with Gasteiger partial charge in [-0.3, -0.25) is 0 Å². The van der Waals surface area contributed by atoms with E-state index in [0.29, 0.717) is 0 Å². The Hall–Kier alpha value is 0.394. The average Bonchev–Trinajstić information content (AvgIpc) is 2.37. The molecule has 0 aliphatic heterocycles. The summed E-state index contributed by atoms with van der Waals surface area (Å²) in [5, 5.41) is 0. The summed E-state index contributed by atoms with van der Waals surface area (Å²) in [6, 6.07) is 1.36. The molecule has 0 aromatic heterocycles. The Morgan fingerprint density at radius 3 is 1.27 bits per heavy atom. The van der Waals surface area contributed by atoms with Crippen LogP contribution in [0.5, 0.6) is 0 Å². The second-order valence-corrected chi connectivity index (χ2v) is 17.7. The molecule has 0 unspecified atom stereocenters. The zero-order valence-corrected chi connectivity index (χ0v) is 18.6. The van der Waals surface area contributed by atoms with Crippen molar-refractivity contribution in [1.82, 2.24) is 0 Å². The summed E-state index contributed by atoms with van der Waals surface area (Å²) in [4.78, 5) is 0. The summed E-state index contributed by atoms with van der Waals surface area (Å²) in [6.07, 6.45) is 17.3. The molecule has 0 aromatic rings. The zero-order chi connectivity index (χ0) is 16.9. The molecule has 1 nitrogen and oxygen atoms in total. The van der Waals surface area contributed by atoms with Gasteiger partial charge in [-0.1, -0.05) is 84.0 Å². The predicted molar refractivity (Wildman–Crippen MR) is 108 cm³/mol. The van der Waals surface area contributed by atoms with E-state index in [0.717, 1.165) is 0 Å². The molecular formula is C19H44OSi2. The second kappa shape index (κ2) is 12.8. The summed E-state index contributed by atoms with van der Waals surface area (Å²) in [7, 11) is -2.71. The van der Waals surface area contributed by atoms with Gasteiger partial charge in [0.05, 0.1) is 0 Å². The summed E-state index contributed by atoms with van der Waals surface area (Å²) in [6.45, 7) is 14.1. The Morgan fingerprint density at radius 1 is 0.545 bits per heavy atom. The molecule has 0 spiro atoms. The van der Waals surface area contributed by atoms with Crippen molar-refractivity contribution in [3.05, 3.63) is 0 Å². The van der Waals surface area contributed by atoms with Crippen LogP contribution in [0, 0.1) is 0 Å². The van der Waals surface area contributed by atoms with Crippen LogP contribution in [0.4, 0.5) is 0 Å². The lowest BCUT2D eigenvalue weighted by Crippen LogP contribution is -2.42. The highest BCUT2D eigenvalue weighted by Crippen LogP contribution is 2.21. The summed E-state index contributed by atoms with van der Waals surface area (Å²) in [5.41, 5.74) is 0. The fourth-order valence-electron chi connectivity index (χ4n) is 3.27. The molecule has 0 aliphatic carbocycles. The molecule has 22 heavy (non-hydrogen) atoms. The first kappa shape index (κ1) is 22.4. The highest BCUT2D eigenvalue weighted by Gasteiger charge is 2.28. The molecule has 0 saturated carbocycles. The van der Waals surface area contributed by atoms with E-state index in [1.807, 2.05) is 0 Å². The maximum Gasteiger partial charge on any atom is 0.173 e. The van der Waals surface area contributed by atoms with Crippen LogP contribution in [0.2, 0.25) is 38.8 Å². The Morgan fingerprint density at radius 2 is 0.909 bits per heavy atom. The largest absolute Gasteiger partial charge is 0.456 e. The molecule has 0 fully saturated rings. The van der Waals surface area contributed by atoms with Crippen LogP contribution in [0.25, 0.3) is 0 Å². The van der Waals surface area contributed by atoms with Gasteiger partial charge in [0.15, 0.2) is 16.6 Å². The van der Waals surface area contributed by atoms with Gasteiger partial charge in [0, 0.05) is 0 Å². The lowest BCUT2D eigenvalue weighted by Gasteiger charge is -2.31. The van der Waals surface area contributed by atoms with E-state index in [1.54, 1.807) is 0 Å². The second-order valence-electron chi connectivity index (χ2n) is 8.61. The fraction of sp³-hybridized carbons (Fsp3) is 1.00. The zero-order valence-electron chi connectivity index (χ0n) is 16.6. The highest BCUT2D eigenvalue weighted by molar-refractivity contribution is 6.84. The van der Waals surface area contributed by atoms with Crippen molar-refractivity contribution in [1.29, 1.82) is 0 Å². The quantitative estimate of drug-likeness (QED) is 0.218. The molecule has 0 rings (SSSR count). The minimum absolute atomic E-state index is 1.33. The van der Waals surface area contributed by atoms with Gasteiger partial charge in [-0.05, 0) is 38.8 Å². The van der Waals surface area contributed by atoms with E-state index < -0.39 is 16.6 Å². The normalized spacial score (nSPS) is 12.8. The van der Waals surface area contributed by atoms with Crippen molar-refractivity contribution in [2.24, 2.45) is 0 Å². The number of rotatable bonds is 15. The molecule has 0 N–H and O–H groups in total. The van der Waals surface area contributed by atoms with E-state index in [-0.39, 0.29) is 0 Å². The molecule has 0 bridgehead atoms. The van der Waals surface area contributed by atoms with Gasteiger partial charge in [-0.25, -0.2) is 0 Å². The summed E-state index contributed by atoms with van der Waals surface area (Å²) >= 11 is 0. The molecular weight excluding hydrogens is 300 g/mol. The van der Waals surface area contributed by atoms with Gasteiger partial charge < -0.3 is 4.12 Å². The third kappa shape index (κ3) is 16.8. The first-order valence-corrected chi connectivity index (χ1v) is 16.5. The lowest BCUT2D eigenvalue weighted by atomic mass is 10.1. The third-order valence-electron chi connectivity index (χ3n) is 4.21. The highest BCUT2D eigenvalue weighted by atomic mass is 28.4. The Balaban J connectivity index is 3.33. The Bertz CT molecular complexity index is 246. The van der Waals surface area contributed by atoms with Crippen molar-refractivity contribution < 1.29 is 4.12 Å². The SMILES string of the molecule is CCCCCCCCCCCCCC[Si](C)(C)O[Si](C)(C)C. The summed E-state index contributed by atoms with van der Waals surface area (Å²) < 4.78 is 6.40. The van der Waals surface area contributed by atoms with Crippen LogP contribution in [-0.2, 0) is 4.12 Å². The summed E-state index contributed by atoms with van der Waals surface area (Å²) in [5.74, 6) is 0. The molecule has 3 heteroatoms. The number of unbranched alkanes of at least 4 members (excludes halogenated alkanes) is 11. The predicted octanol–water partition coefficient (Wildman–Crippen LogP) is 7.74. The third-order valence-corrected chi connectivity index (χ3v) is 10.4. The van der Waals surface area contributed by atoms with E-state index >= 15 is 0 Å². The van der Waals surface area contributed by atoms with Gasteiger partial charge in [0.1, 0.15) is 0 Å². The van der Waals surface area contributed by atoms with Crippen molar-refractivity contribution in [3.63, 3.8) is 0 Å². The van der Waals surface area contributed by atoms with E-state index in [2.05, 4.69) is 39.7 Å². The van der Waals surface area contributed by atoms with Crippen molar-refractivity contribution in [2.75, 3.05) is 0 Å². The van der Waals surface area contributed by atoms with E-state index in [4.69, 9.17) is 4.12 Å². The number of hydrogen-bond acceptors (Lipinski definition) is 1. The average molecular weight is 345 g/mol. The van der Waals surface area contributed by atoms with Crippen molar-refractivity contribution in [2.45, 2.75) is 123 Å². The maximum atomic E-state index is 6.40. The van der Waals surface area contributed by atoms with Crippen LogP contribution >= 0.6 is 0 Å². The maximum absolute atomic E-state index is 6.40. The molecule has 134 valence electrons. The van der Waals surface area contributed by atoms with Gasteiger partial charge in [0.25, 0.3) is 0 Å². The minimum Gasteiger partial charge on any atom is -0.456 e. The minimum atomic E-state index is -1.37. The molecule has 0 saturated heterocycles. The van der Waals surface area contributed by atoms with Crippen molar-refractivity contribution in [3.8, 4) is 0 Å². The molecule has 0 heterocycles.